The highest BCUT2D eigenvalue weighted by molar-refractivity contribution is 5.67. The van der Waals surface area contributed by atoms with Crippen molar-refractivity contribution < 1.29 is 18.3 Å². The molecule has 0 saturated heterocycles. The number of nitrogens with one attached hydrogen (secondary N) is 2. The summed E-state index contributed by atoms with van der Waals surface area (Å²) >= 11 is 0. The van der Waals surface area contributed by atoms with Crippen LogP contribution in [0.3, 0.4) is 0 Å². The Balaban J connectivity index is 3.84. The SMILES string of the molecule is CC(CNC(=O)OC(C)(C)C)NC(C)C(F)F. The van der Waals surface area contributed by atoms with Crippen molar-refractivity contribution >= 4 is 6.09 Å². The van der Waals surface area contributed by atoms with Gasteiger partial charge < -0.3 is 15.4 Å². The molecule has 0 spiro atoms. The Morgan fingerprint density at radius 3 is 2.24 bits per heavy atom. The van der Waals surface area contributed by atoms with Crippen molar-refractivity contribution in [3.05, 3.63) is 0 Å². The maximum Gasteiger partial charge on any atom is 0.407 e. The van der Waals surface area contributed by atoms with Gasteiger partial charge in [-0.3, -0.25) is 0 Å². The molecule has 102 valence electrons. The Labute approximate surface area is 101 Å². The molecular weight excluding hydrogens is 230 g/mol. The predicted molar refractivity (Wildman–Crippen MR) is 62.3 cm³/mol. The number of carbonyl (C=O) groups is 1. The second kappa shape index (κ2) is 6.74. The molecule has 0 aliphatic rings. The molecule has 17 heavy (non-hydrogen) atoms. The van der Waals surface area contributed by atoms with Gasteiger partial charge in [0, 0.05) is 12.6 Å². The van der Waals surface area contributed by atoms with Crippen molar-refractivity contribution in [1.82, 2.24) is 10.6 Å². The Morgan fingerprint density at radius 1 is 1.29 bits per heavy atom. The van der Waals surface area contributed by atoms with E-state index in [9.17, 15) is 13.6 Å². The number of carbonyl (C=O) groups excluding carboxylic acids is 1. The van der Waals surface area contributed by atoms with Crippen LogP contribution in [0.15, 0.2) is 0 Å². The van der Waals surface area contributed by atoms with Gasteiger partial charge in [-0.1, -0.05) is 0 Å². The number of amides is 1. The maximum absolute atomic E-state index is 12.2. The van der Waals surface area contributed by atoms with E-state index in [1.807, 2.05) is 0 Å². The van der Waals surface area contributed by atoms with Crippen LogP contribution >= 0.6 is 0 Å². The van der Waals surface area contributed by atoms with Gasteiger partial charge in [0.15, 0.2) is 0 Å². The molecule has 4 nitrogen and oxygen atoms in total. The molecule has 2 N–H and O–H groups in total. The molecule has 0 aromatic rings. The monoisotopic (exact) mass is 252 g/mol. The Hall–Kier alpha value is -0.910. The van der Waals surface area contributed by atoms with Gasteiger partial charge in [-0.15, -0.1) is 0 Å². The predicted octanol–water partition coefficient (Wildman–Crippen LogP) is 2.14. The summed E-state index contributed by atoms with van der Waals surface area (Å²) in [5.41, 5.74) is -0.559. The molecule has 0 rings (SSSR count). The smallest absolute Gasteiger partial charge is 0.407 e. The highest BCUT2D eigenvalue weighted by Crippen LogP contribution is 2.06. The van der Waals surface area contributed by atoms with Gasteiger partial charge in [-0.2, -0.15) is 0 Å². The Bertz CT molecular complexity index is 242. The van der Waals surface area contributed by atoms with Crippen molar-refractivity contribution in [2.24, 2.45) is 0 Å². The topological polar surface area (TPSA) is 50.4 Å². The molecule has 0 fully saturated rings. The summed E-state index contributed by atoms with van der Waals surface area (Å²) in [7, 11) is 0. The van der Waals surface area contributed by atoms with Crippen LogP contribution in [0.4, 0.5) is 13.6 Å². The van der Waals surface area contributed by atoms with Crippen molar-refractivity contribution in [3.8, 4) is 0 Å². The van der Waals surface area contributed by atoms with E-state index in [1.165, 1.54) is 6.92 Å². The zero-order chi connectivity index (χ0) is 13.6. The standard InChI is InChI=1S/C11H22F2N2O2/c1-7(15-8(2)9(12)13)6-14-10(16)17-11(3,4)5/h7-9,15H,6H2,1-5H3,(H,14,16). The van der Waals surface area contributed by atoms with Crippen LogP contribution in [-0.4, -0.2) is 36.7 Å². The van der Waals surface area contributed by atoms with E-state index >= 15 is 0 Å². The third-order valence-corrected chi connectivity index (χ3v) is 1.88. The quantitative estimate of drug-likeness (QED) is 0.788. The van der Waals surface area contributed by atoms with Crippen molar-refractivity contribution in [1.29, 1.82) is 0 Å². The van der Waals surface area contributed by atoms with E-state index < -0.39 is 24.2 Å². The first-order chi connectivity index (χ1) is 7.61. The summed E-state index contributed by atoms with van der Waals surface area (Å²) in [6.07, 6.45) is -2.96. The van der Waals surface area contributed by atoms with Gasteiger partial charge in [0.1, 0.15) is 5.60 Å². The van der Waals surface area contributed by atoms with Crippen LogP contribution in [0, 0.1) is 0 Å². The first kappa shape index (κ1) is 16.1. The molecule has 2 atom stereocenters. The zero-order valence-corrected chi connectivity index (χ0v) is 11.0. The lowest BCUT2D eigenvalue weighted by Gasteiger charge is -2.22. The molecule has 1 amide bonds. The van der Waals surface area contributed by atoms with Gasteiger partial charge in [0.05, 0.1) is 6.04 Å². The molecule has 0 radical (unpaired) electrons. The average Bonchev–Trinajstić information content (AvgIpc) is 2.11. The second-order valence-corrected chi connectivity index (χ2v) is 5.07. The molecule has 6 heteroatoms. The minimum atomic E-state index is -2.42. The molecule has 0 aromatic carbocycles. The zero-order valence-electron chi connectivity index (χ0n) is 11.0. The largest absolute Gasteiger partial charge is 0.444 e. The van der Waals surface area contributed by atoms with E-state index in [2.05, 4.69) is 10.6 Å². The van der Waals surface area contributed by atoms with Crippen LogP contribution < -0.4 is 10.6 Å². The van der Waals surface area contributed by atoms with Crippen LogP contribution in [0.25, 0.3) is 0 Å². The lowest BCUT2D eigenvalue weighted by atomic mass is 10.2. The number of alkyl carbamates (subject to hydrolysis) is 1. The van der Waals surface area contributed by atoms with Crippen LogP contribution in [0.1, 0.15) is 34.6 Å². The molecule has 0 aromatic heterocycles. The second-order valence-electron chi connectivity index (χ2n) is 5.07. The number of hydrogen-bond donors (Lipinski definition) is 2. The summed E-state index contributed by atoms with van der Waals surface area (Å²) in [6.45, 7) is 8.63. The van der Waals surface area contributed by atoms with Gasteiger partial charge in [0.25, 0.3) is 6.43 Å². The van der Waals surface area contributed by atoms with E-state index in [4.69, 9.17) is 4.74 Å². The fraction of sp³-hybridized carbons (Fsp3) is 0.909. The minimum Gasteiger partial charge on any atom is -0.444 e. The molecule has 0 bridgehead atoms. The molecule has 0 aliphatic carbocycles. The third kappa shape index (κ3) is 8.85. The highest BCUT2D eigenvalue weighted by Gasteiger charge is 2.19. The highest BCUT2D eigenvalue weighted by atomic mass is 19.3. The summed E-state index contributed by atoms with van der Waals surface area (Å²) < 4.78 is 29.5. The number of ether oxygens (including phenoxy) is 1. The van der Waals surface area contributed by atoms with Gasteiger partial charge in [-0.25, -0.2) is 13.6 Å². The molecule has 0 saturated carbocycles. The molecule has 0 heterocycles. The Morgan fingerprint density at radius 2 is 1.82 bits per heavy atom. The fourth-order valence-electron chi connectivity index (χ4n) is 1.13. The van der Waals surface area contributed by atoms with E-state index in [-0.39, 0.29) is 12.6 Å². The molecule has 2 unspecified atom stereocenters. The number of rotatable bonds is 5. The van der Waals surface area contributed by atoms with Crippen LogP contribution in [0.5, 0.6) is 0 Å². The molecule has 0 aliphatic heterocycles. The summed E-state index contributed by atoms with van der Waals surface area (Å²) in [6, 6.07) is -1.14. The van der Waals surface area contributed by atoms with E-state index in [0.717, 1.165) is 0 Å². The molecular formula is C11H22F2N2O2. The lowest BCUT2D eigenvalue weighted by molar-refractivity contribution is 0.0519. The first-order valence-corrected chi connectivity index (χ1v) is 5.63. The van der Waals surface area contributed by atoms with Gasteiger partial charge in [0.2, 0.25) is 0 Å². The van der Waals surface area contributed by atoms with Crippen LogP contribution in [0.2, 0.25) is 0 Å². The number of alkyl halides is 2. The summed E-state index contributed by atoms with van der Waals surface area (Å²) in [5.74, 6) is 0. The normalized spacial score (nSPS) is 15.5. The lowest BCUT2D eigenvalue weighted by Crippen LogP contribution is -2.46. The number of hydrogen-bond acceptors (Lipinski definition) is 3. The van der Waals surface area contributed by atoms with Crippen molar-refractivity contribution in [2.75, 3.05) is 6.54 Å². The third-order valence-electron chi connectivity index (χ3n) is 1.88. The number of halogens is 2. The first-order valence-electron chi connectivity index (χ1n) is 5.63. The van der Waals surface area contributed by atoms with Gasteiger partial charge >= 0.3 is 6.09 Å². The van der Waals surface area contributed by atoms with Crippen molar-refractivity contribution in [3.63, 3.8) is 0 Å². The van der Waals surface area contributed by atoms with E-state index in [0.29, 0.717) is 0 Å². The average molecular weight is 252 g/mol. The fourth-order valence-corrected chi connectivity index (χ4v) is 1.13. The minimum absolute atomic E-state index is 0.242. The van der Waals surface area contributed by atoms with Crippen LogP contribution in [-0.2, 0) is 4.74 Å². The summed E-state index contributed by atoms with van der Waals surface area (Å²) in [5, 5.41) is 5.19. The Kier molecular flexibility index (Phi) is 6.37. The van der Waals surface area contributed by atoms with Crippen molar-refractivity contribution in [2.45, 2.75) is 58.7 Å². The maximum atomic E-state index is 12.2. The van der Waals surface area contributed by atoms with Gasteiger partial charge in [-0.05, 0) is 34.6 Å². The van der Waals surface area contributed by atoms with E-state index in [1.54, 1.807) is 27.7 Å². The summed E-state index contributed by atoms with van der Waals surface area (Å²) in [4.78, 5) is 11.3.